The van der Waals surface area contributed by atoms with E-state index in [9.17, 15) is 4.79 Å². The van der Waals surface area contributed by atoms with Crippen LogP contribution in [0.1, 0.15) is 27.0 Å². The van der Waals surface area contributed by atoms with Gasteiger partial charge in [0.1, 0.15) is 0 Å². The van der Waals surface area contributed by atoms with Gasteiger partial charge in [0, 0.05) is 28.5 Å². The molecule has 3 aromatic carbocycles. The van der Waals surface area contributed by atoms with Gasteiger partial charge >= 0.3 is 0 Å². The van der Waals surface area contributed by atoms with Crippen LogP contribution >= 0.6 is 11.6 Å². The summed E-state index contributed by atoms with van der Waals surface area (Å²) in [4.78, 5) is 12.5. The van der Waals surface area contributed by atoms with Crippen molar-refractivity contribution in [2.75, 3.05) is 10.6 Å². The van der Waals surface area contributed by atoms with E-state index in [0.717, 1.165) is 28.2 Å². The van der Waals surface area contributed by atoms with Gasteiger partial charge in [0.05, 0.1) is 11.6 Å². The van der Waals surface area contributed by atoms with Crippen LogP contribution in [-0.2, 0) is 5.88 Å². The van der Waals surface area contributed by atoms with Crippen molar-refractivity contribution in [1.82, 2.24) is 0 Å². The molecular formula is C22H18ClN3O. The number of alkyl halides is 1. The second kappa shape index (κ2) is 8.39. The van der Waals surface area contributed by atoms with E-state index in [-0.39, 0.29) is 5.91 Å². The highest BCUT2D eigenvalue weighted by Crippen LogP contribution is 2.24. The number of halogens is 1. The number of nitrogens with zero attached hydrogens (tertiary/aromatic N) is 1. The van der Waals surface area contributed by atoms with E-state index in [4.69, 9.17) is 16.9 Å². The Hall–Kier alpha value is -3.29. The first kappa shape index (κ1) is 18.5. The molecule has 134 valence electrons. The smallest absolute Gasteiger partial charge is 0.255 e. The van der Waals surface area contributed by atoms with Gasteiger partial charge in [-0.05, 0) is 66.6 Å². The van der Waals surface area contributed by atoms with Gasteiger partial charge in [-0.1, -0.05) is 18.2 Å². The fourth-order valence-electron chi connectivity index (χ4n) is 2.57. The molecule has 3 rings (SSSR count). The predicted octanol–water partition coefficient (Wildman–Crippen LogP) is 5.60. The SMILES string of the molecule is Cc1ccc(Nc2ccc(C#N)cc2)cc1NC(=O)c1ccc(CCl)cc1. The Balaban J connectivity index is 1.75. The standard InChI is InChI=1S/C22H18ClN3O/c1-15-2-9-20(25-19-10-5-17(14-24)6-11-19)12-21(15)26-22(27)18-7-3-16(13-23)4-8-18/h2-12,25H,13H2,1H3,(H,26,27). The highest BCUT2D eigenvalue weighted by atomic mass is 35.5. The van der Waals surface area contributed by atoms with Crippen molar-refractivity contribution in [3.8, 4) is 6.07 Å². The Morgan fingerprint density at radius 1 is 1.00 bits per heavy atom. The van der Waals surface area contributed by atoms with Crippen molar-refractivity contribution in [2.45, 2.75) is 12.8 Å². The first-order chi connectivity index (χ1) is 13.1. The fraction of sp³-hybridized carbons (Fsp3) is 0.0909. The summed E-state index contributed by atoms with van der Waals surface area (Å²) in [5.41, 5.74) is 5.57. The lowest BCUT2D eigenvalue weighted by Gasteiger charge is -2.12. The molecule has 0 aliphatic heterocycles. The van der Waals surface area contributed by atoms with E-state index in [1.165, 1.54) is 0 Å². The average molecular weight is 376 g/mol. The Morgan fingerprint density at radius 2 is 1.67 bits per heavy atom. The van der Waals surface area contributed by atoms with Gasteiger partial charge in [-0.2, -0.15) is 5.26 Å². The van der Waals surface area contributed by atoms with Crippen molar-refractivity contribution in [3.05, 3.63) is 89.0 Å². The van der Waals surface area contributed by atoms with E-state index < -0.39 is 0 Å². The van der Waals surface area contributed by atoms with Crippen LogP contribution in [0.5, 0.6) is 0 Å². The number of anilines is 3. The summed E-state index contributed by atoms with van der Waals surface area (Å²) in [5, 5.41) is 15.1. The lowest BCUT2D eigenvalue weighted by atomic mass is 10.1. The zero-order valence-electron chi connectivity index (χ0n) is 14.8. The molecule has 0 fully saturated rings. The third kappa shape index (κ3) is 4.66. The minimum atomic E-state index is -0.172. The molecule has 0 spiro atoms. The molecule has 3 aromatic rings. The zero-order chi connectivity index (χ0) is 19.2. The summed E-state index contributed by atoms with van der Waals surface area (Å²) in [7, 11) is 0. The van der Waals surface area contributed by atoms with Crippen molar-refractivity contribution >= 4 is 34.6 Å². The Morgan fingerprint density at radius 3 is 2.30 bits per heavy atom. The molecule has 0 bridgehead atoms. The number of aryl methyl sites for hydroxylation is 1. The van der Waals surface area contributed by atoms with E-state index in [1.54, 1.807) is 24.3 Å². The molecule has 0 heterocycles. The van der Waals surface area contributed by atoms with Crippen LogP contribution in [-0.4, -0.2) is 5.91 Å². The van der Waals surface area contributed by atoms with Crippen LogP contribution < -0.4 is 10.6 Å². The lowest BCUT2D eigenvalue weighted by Crippen LogP contribution is -2.13. The lowest BCUT2D eigenvalue weighted by molar-refractivity contribution is 0.102. The van der Waals surface area contributed by atoms with E-state index in [1.807, 2.05) is 49.4 Å². The molecule has 0 atom stereocenters. The summed E-state index contributed by atoms with van der Waals surface area (Å²) >= 11 is 5.79. The molecule has 0 aliphatic rings. The molecule has 0 unspecified atom stereocenters. The van der Waals surface area contributed by atoms with Gasteiger partial charge in [0.15, 0.2) is 0 Å². The van der Waals surface area contributed by atoms with Crippen LogP contribution in [0.3, 0.4) is 0 Å². The highest BCUT2D eigenvalue weighted by molar-refractivity contribution is 6.17. The Bertz CT molecular complexity index is 990. The Labute approximate surface area is 163 Å². The predicted molar refractivity (Wildman–Crippen MR) is 110 cm³/mol. The molecule has 0 aliphatic carbocycles. The van der Waals surface area contributed by atoms with Crippen molar-refractivity contribution in [3.63, 3.8) is 0 Å². The summed E-state index contributed by atoms with van der Waals surface area (Å²) in [6.45, 7) is 1.94. The minimum Gasteiger partial charge on any atom is -0.355 e. The normalized spacial score (nSPS) is 10.1. The topological polar surface area (TPSA) is 64.9 Å². The molecular weight excluding hydrogens is 358 g/mol. The third-order valence-corrected chi connectivity index (χ3v) is 4.47. The molecule has 5 heteroatoms. The number of benzene rings is 3. The molecule has 4 nitrogen and oxygen atoms in total. The van der Waals surface area contributed by atoms with Gasteiger partial charge in [0.25, 0.3) is 5.91 Å². The third-order valence-electron chi connectivity index (χ3n) is 4.16. The number of carbonyl (C=O) groups is 1. The number of nitrogens with one attached hydrogen (secondary N) is 2. The number of rotatable bonds is 5. The average Bonchev–Trinajstić information content (AvgIpc) is 2.71. The maximum Gasteiger partial charge on any atom is 0.255 e. The quantitative estimate of drug-likeness (QED) is 0.570. The molecule has 27 heavy (non-hydrogen) atoms. The molecule has 2 N–H and O–H groups in total. The summed E-state index contributed by atoms with van der Waals surface area (Å²) in [5.74, 6) is 0.249. The summed E-state index contributed by atoms with van der Waals surface area (Å²) in [6, 6.07) is 22.3. The van der Waals surface area contributed by atoms with Crippen LogP contribution in [0.25, 0.3) is 0 Å². The van der Waals surface area contributed by atoms with Crippen molar-refractivity contribution in [1.29, 1.82) is 5.26 Å². The summed E-state index contributed by atoms with van der Waals surface area (Å²) in [6.07, 6.45) is 0. The van der Waals surface area contributed by atoms with E-state index in [0.29, 0.717) is 17.0 Å². The van der Waals surface area contributed by atoms with Crippen LogP contribution in [0, 0.1) is 18.3 Å². The fourth-order valence-corrected chi connectivity index (χ4v) is 2.75. The monoisotopic (exact) mass is 375 g/mol. The maximum atomic E-state index is 12.5. The number of nitriles is 1. The van der Waals surface area contributed by atoms with Crippen LogP contribution in [0.2, 0.25) is 0 Å². The van der Waals surface area contributed by atoms with E-state index >= 15 is 0 Å². The second-order valence-electron chi connectivity index (χ2n) is 6.13. The Kier molecular flexibility index (Phi) is 5.75. The molecule has 0 saturated heterocycles. The summed E-state index contributed by atoms with van der Waals surface area (Å²) < 4.78 is 0. The minimum absolute atomic E-state index is 0.172. The maximum absolute atomic E-state index is 12.5. The largest absolute Gasteiger partial charge is 0.355 e. The van der Waals surface area contributed by atoms with Gasteiger partial charge in [-0.3, -0.25) is 4.79 Å². The first-order valence-electron chi connectivity index (χ1n) is 8.43. The van der Waals surface area contributed by atoms with E-state index in [2.05, 4.69) is 16.7 Å². The number of hydrogen-bond acceptors (Lipinski definition) is 3. The van der Waals surface area contributed by atoms with Gasteiger partial charge in [-0.15, -0.1) is 11.6 Å². The first-order valence-corrected chi connectivity index (χ1v) is 8.96. The number of carbonyl (C=O) groups excluding carboxylic acids is 1. The van der Waals surface area contributed by atoms with Gasteiger partial charge < -0.3 is 10.6 Å². The molecule has 0 saturated carbocycles. The van der Waals surface area contributed by atoms with Gasteiger partial charge in [0.2, 0.25) is 0 Å². The number of hydrogen-bond donors (Lipinski definition) is 2. The second-order valence-corrected chi connectivity index (χ2v) is 6.40. The van der Waals surface area contributed by atoms with Crippen molar-refractivity contribution in [2.24, 2.45) is 0 Å². The van der Waals surface area contributed by atoms with Crippen LogP contribution in [0.4, 0.5) is 17.1 Å². The molecule has 0 radical (unpaired) electrons. The van der Waals surface area contributed by atoms with Crippen molar-refractivity contribution < 1.29 is 4.79 Å². The molecule has 0 aromatic heterocycles. The van der Waals surface area contributed by atoms with Gasteiger partial charge in [-0.25, -0.2) is 0 Å². The zero-order valence-corrected chi connectivity index (χ0v) is 15.5. The van der Waals surface area contributed by atoms with Crippen LogP contribution in [0.15, 0.2) is 66.7 Å². The molecule has 1 amide bonds. The number of amides is 1. The highest BCUT2D eigenvalue weighted by Gasteiger charge is 2.09.